The van der Waals surface area contributed by atoms with Crippen molar-refractivity contribution in [2.24, 2.45) is 0 Å². The van der Waals surface area contributed by atoms with Crippen LogP contribution >= 0.6 is 15.9 Å². The molecule has 0 saturated carbocycles. The number of hydrogen-bond donors (Lipinski definition) is 1. The van der Waals surface area contributed by atoms with Crippen LogP contribution in [0.15, 0.2) is 10.7 Å². The van der Waals surface area contributed by atoms with Gasteiger partial charge in [0.25, 0.3) is 0 Å². The Hall–Kier alpha value is -0.840. The molecule has 0 aliphatic rings. The largest absolute Gasteiger partial charge is 0.343 e. The summed E-state index contributed by atoms with van der Waals surface area (Å²) < 4.78 is 2.03. The molecule has 0 aliphatic carbocycles. The molecule has 1 amide bonds. The van der Waals surface area contributed by atoms with Gasteiger partial charge in [0.2, 0.25) is 0 Å². The lowest BCUT2D eigenvalue weighted by molar-refractivity contribution is 0.238. The summed E-state index contributed by atoms with van der Waals surface area (Å²) in [6, 6.07) is 1.65. The van der Waals surface area contributed by atoms with Crippen molar-refractivity contribution in [3.8, 4) is 0 Å². The van der Waals surface area contributed by atoms with Gasteiger partial charge in [0.05, 0.1) is 5.69 Å². The first-order chi connectivity index (χ1) is 7.65. The number of rotatable bonds is 5. The molecule has 0 bridgehead atoms. The fraction of sp³-hybridized carbons (Fsp3) is 0.636. The lowest BCUT2D eigenvalue weighted by Gasteiger charge is -2.05. The fourth-order valence-electron chi connectivity index (χ4n) is 1.43. The van der Waals surface area contributed by atoms with Gasteiger partial charge in [0, 0.05) is 6.54 Å². The van der Waals surface area contributed by atoms with Crippen LogP contribution in [-0.4, -0.2) is 22.4 Å². The van der Waals surface area contributed by atoms with Gasteiger partial charge in [-0.05, 0) is 35.3 Å². The van der Waals surface area contributed by atoms with E-state index in [2.05, 4.69) is 33.3 Å². The summed E-state index contributed by atoms with van der Waals surface area (Å²) in [6.07, 6.45) is 4.62. The number of amides is 1. The molecule has 5 heteroatoms. The summed E-state index contributed by atoms with van der Waals surface area (Å²) in [5, 5.41) is 6.93. The van der Waals surface area contributed by atoms with E-state index in [-0.39, 0.29) is 6.03 Å². The van der Waals surface area contributed by atoms with Crippen molar-refractivity contribution in [2.45, 2.75) is 39.5 Å². The van der Waals surface area contributed by atoms with Crippen LogP contribution in [0.4, 0.5) is 4.79 Å². The molecule has 4 nitrogen and oxygen atoms in total. The third-order valence-corrected chi connectivity index (χ3v) is 2.85. The zero-order valence-corrected chi connectivity index (χ0v) is 11.4. The van der Waals surface area contributed by atoms with E-state index in [1.807, 2.05) is 13.0 Å². The predicted octanol–water partition coefficient (Wildman–Crippen LogP) is 3.09. The number of aromatic nitrogens is 2. The van der Waals surface area contributed by atoms with E-state index in [1.165, 1.54) is 17.5 Å². The molecule has 0 spiro atoms. The number of nitrogens with zero attached hydrogens (tertiary/aromatic N) is 2. The molecule has 0 aromatic carbocycles. The third kappa shape index (κ3) is 3.96. The maximum atomic E-state index is 11.7. The average Bonchev–Trinajstić information content (AvgIpc) is 2.57. The Bertz CT molecular complexity index is 349. The summed E-state index contributed by atoms with van der Waals surface area (Å²) >= 11 is 3.29. The van der Waals surface area contributed by atoms with Crippen molar-refractivity contribution in [2.75, 3.05) is 6.54 Å². The minimum absolute atomic E-state index is 0.170. The molecule has 1 aromatic heterocycles. The van der Waals surface area contributed by atoms with Gasteiger partial charge in [-0.2, -0.15) is 9.78 Å². The number of nitrogens with one attached hydrogen (secondary N) is 1. The lowest BCUT2D eigenvalue weighted by Crippen LogP contribution is -2.30. The lowest BCUT2D eigenvalue weighted by atomic mass is 10.2. The van der Waals surface area contributed by atoms with Crippen molar-refractivity contribution in [3.63, 3.8) is 0 Å². The molecule has 16 heavy (non-hydrogen) atoms. The maximum absolute atomic E-state index is 11.7. The molecule has 0 radical (unpaired) electrons. The first-order valence-corrected chi connectivity index (χ1v) is 6.44. The topological polar surface area (TPSA) is 46.9 Å². The molecule has 1 rings (SSSR count). The Labute approximate surface area is 105 Å². The Balaban J connectivity index is 2.33. The molecule has 1 aromatic rings. The van der Waals surface area contributed by atoms with E-state index in [9.17, 15) is 4.79 Å². The highest BCUT2D eigenvalue weighted by Gasteiger charge is 2.09. The van der Waals surface area contributed by atoms with Crippen LogP contribution in [0, 0.1) is 6.92 Å². The van der Waals surface area contributed by atoms with Crippen molar-refractivity contribution in [3.05, 3.63) is 16.4 Å². The highest BCUT2D eigenvalue weighted by molar-refractivity contribution is 9.10. The second kappa shape index (κ2) is 6.68. The molecule has 0 fully saturated rings. The van der Waals surface area contributed by atoms with Gasteiger partial charge in [0.15, 0.2) is 0 Å². The van der Waals surface area contributed by atoms with Crippen molar-refractivity contribution in [1.82, 2.24) is 15.1 Å². The Morgan fingerprint density at radius 1 is 1.50 bits per heavy atom. The van der Waals surface area contributed by atoms with Crippen LogP contribution in [0.5, 0.6) is 0 Å². The minimum atomic E-state index is -0.170. The summed E-state index contributed by atoms with van der Waals surface area (Å²) in [5.41, 5.74) is 0.827. The highest BCUT2D eigenvalue weighted by Crippen LogP contribution is 2.10. The number of hydrogen-bond acceptors (Lipinski definition) is 2. The Kier molecular flexibility index (Phi) is 5.52. The van der Waals surface area contributed by atoms with Gasteiger partial charge in [-0.1, -0.05) is 26.2 Å². The average molecular weight is 288 g/mol. The standard InChI is InChI=1S/C11H18BrN3O/c1-3-4-5-6-7-13-11(16)15-10(12)8-9(2)14-15/h8H,3-7H2,1-2H3,(H,13,16). The van der Waals surface area contributed by atoms with Gasteiger partial charge >= 0.3 is 6.03 Å². The van der Waals surface area contributed by atoms with Crippen molar-refractivity contribution >= 4 is 22.0 Å². The van der Waals surface area contributed by atoms with Crippen LogP contribution in [0.1, 0.15) is 38.3 Å². The van der Waals surface area contributed by atoms with Gasteiger partial charge in [-0.3, -0.25) is 0 Å². The molecule has 1 N–H and O–H groups in total. The van der Waals surface area contributed by atoms with Gasteiger partial charge in [-0.25, -0.2) is 4.79 Å². The van der Waals surface area contributed by atoms with E-state index in [4.69, 9.17) is 0 Å². The Morgan fingerprint density at radius 3 is 2.81 bits per heavy atom. The van der Waals surface area contributed by atoms with Crippen molar-refractivity contribution < 1.29 is 4.79 Å². The van der Waals surface area contributed by atoms with Crippen LogP contribution in [0.25, 0.3) is 0 Å². The quantitative estimate of drug-likeness (QED) is 0.846. The predicted molar refractivity (Wildman–Crippen MR) is 67.6 cm³/mol. The molecular formula is C11H18BrN3O. The van der Waals surface area contributed by atoms with E-state index in [0.29, 0.717) is 11.1 Å². The number of halogens is 1. The Morgan fingerprint density at radius 2 is 2.25 bits per heavy atom. The van der Waals surface area contributed by atoms with Crippen LogP contribution in [-0.2, 0) is 0 Å². The smallest absolute Gasteiger partial charge is 0.336 e. The zero-order valence-electron chi connectivity index (χ0n) is 9.79. The number of carbonyl (C=O) groups excluding carboxylic acids is 1. The van der Waals surface area contributed by atoms with Crippen LogP contribution < -0.4 is 5.32 Å². The van der Waals surface area contributed by atoms with Crippen LogP contribution in [0.2, 0.25) is 0 Å². The van der Waals surface area contributed by atoms with Crippen molar-refractivity contribution in [1.29, 1.82) is 0 Å². The second-order valence-electron chi connectivity index (χ2n) is 3.81. The summed E-state index contributed by atoms with van der Waals surface area (Å²) in [6.45, 7) is 4.74. The van der Waals surface area contributed by atoms with Gasteiger partial charge < -0.3 is 5.32 Å². The molecule has 0 unspecified atom stereocenters. The highest BCUT2D eigenvalue weighted by atomic mass is 79.9. The van der Waals surface area contributed by atoms with Gasteiger partial charge in [-0.15, -0.1) is 0 Å². The molecule has 0 saturated heterocycles. The first-order valence-electron chi connectivity index (χ1n) is 5.65. The molecule has 90 valence electrons. The third-order valence-electron chi connectivity index (χ3n) is 2.29. The van der Waals surface area contributed by atoms with Crippen LogP contribution in [0.3, 0.4) is 0 Å². The minimum Gasteiger partial charge on any atom is -0.336 e. The summed E-state index contributed by atoms with van der Waals surface area (Å²) in [4.78, 5) is 11.7. The molecule has 0 aliphatic heterocycles. The number of carbonyl (C=O) groups is 1. The SMILES string of the molecule is CCCCCCNC(=O)n1nc(C)cc1Br. The first kappa shape index (κ1) is 13.2. The van der Waals surface area contributed by atoms with E-state index in [0.717, 1.165) is 18.5 Å². The van der Waals surface area contributed by atoms with E-state index < -0.39 is 0 Å². The van der Waals surface area contributed by atoms with Gasteiger partial charge in [0.1, 0.15) is 4.60 Å². The fourth-order valence-corrected chi connectivity index (χ4v) is 2.00. The van der Waals surface area contributed by atoms with E-state index >= 15 is 0 Å². The monoisotopic (exact) mass is 287 g/mol. The number of aryl methyl sites for hydroxylation is 1. The second-order valence-corrected chi connectivity index (χ2v) is 4.63. The molecule has 0 atom stereocenters. The normalized spacial score (nSPS) is 10.4. The molecular weight excluding hydrogens is 270 g/mol. The van der Waals surface area contributed by atoms with E-state index in [1.54, 1.807) is 0 Å². The zero-order chi connectivity index (χ0) is 12.0. The number of unbranched alkanes of at least 4 members (excludes halogenated alkanes) is 3. The summed E-state index contributed by atoms with van der Waals surface area (Å²) in [5.74, 6) is 0. The molecule has 1 heterocycles. The maximum Gasteiger partial charge on any atom is 0.343 e. The summed E-state index contributed by atoms with van der Waals surface area (Å²) in [7, 11) is 0.